The lowest BCUT2D eigenvalue weighted by Gasteiger charge is -2.23. The maximum Gasteiger partial charge on any atom is 0.251 e. The average molecular weight is 347 g/mol. The van der Waals surface area contributed by atoms with E-state index in [4.69, 9.17) is 4.98 Å². The molecule has 1 atom stereocenters. The summed E-state index contributed by atoms with van der Waals surface area (Å²) < 4.78 is 0. The summed E-state index contributed by atoms with van der Waals surface area (Å²) in [6.45, 7) is 7.96. The van der Waals surface area contributed by atoms with Gasteiger partial charge in [0, 0.05) is 28.4 Å². The number of carbonyl (C=O) groups excluding carboxylic acids is 1. The van der Waals surface area contributed by atoms with Crippen LogP contribution in [0, 0.1) is 11.3 Å². The summed E-state index contributed by atoms with van der Waals surface area (Å²) in [6.07, 6.45) is 2.92. The van der Waals surface area contributed by atoms with E-state index >= 15 is 0 Å². The molecule has 1 heterocycles. The number of aryl methyl sites for hydroxylation is 1. The van der Waals surface area contributed by atoms with Crippen LogP contribution in [-0.4, -0.2) is 16.4 Å². The number of nitrogens with one attached hydrogen (secondary N) is 1. The van der Waals surface area contributed by atoms with E-state index in [2.05, 4.69) is 11.4 Å². The molecule has 0 bridgehead atoms. The van der Waals surface area contributed by atoms with E-state index in [-0.39, 0.29) is 17.4 Å². The van der Waals surface area contributed by atoms with Gasteiger partial charge in [0.1, 0.15) is 0 Å². The van der Waals surface area contributed by atoms with Crippen molar-refractivity contribution in [2.24, 2.45) is 0 Å². The molecule has 0 saturated heterocycles. The third kappa shape index (κ3) is 3.62. The fourth-order valence-electron chi connectivity index (χ4n) is 3.53. The number of hydrogen-bond donors (Lipinski definition) is 1. The van der Waals surface area contributed by atoms with Crippen LogP contribution in [0.4, 0.5) is 0 Å². The van der Waals surface area contributed by atoms with Crippen LogP contribution >= 0.6 is 0 Å². The number of fused-ring (bicyclic) bond motifs is 1. The van der Waals surface area contributed by atoms with Crippen molar-refractivity contribution in [2.75, 3.05) is 0 Å². The van der Waals surface area contributed by atoms with Gasteiger partial charge in [0.15, 0.2) is 0 Å². The smallest absolute Gasteiger partial charge is 0.251 e. The summed E-state index contributed by atoms with van der Waals surface area (Å²) in [4.78, 5) is 17.6. The predicted octanol–water partition coefficient (Wildman–Crippen LogP) is 4.12. The van der Waals surface area contributed by atoms with Crippen molar-refractivity contribution in [1.29, 1.82) is 5.26 Å². The number of aromatic nitrogens is 1. The van der Waals surface area contributed by atoms with Gasteiger partial charge in [-0.1, -0.05) is 25.1 Å². The molecule has 0 spiro atoms. The van der Waals surface area contributed by atoms with Crippen LogP contribution in [0.5, 0.6) is 0 Å². The number of pyridine rings is 1. The Morgan fingerprint density at radius 1 is 1.27 bits per heavy atom. The first-order valence-electron chi connectivity index (χ1n) is 9.14. The molecule has 4 nitrogen and oxygen atoms in total. The Hall–Kier alpha value is -2.67. The maximum absolute atomic E-state index is 12.7. The highest BCUT2D eigenvalue weighted by Crippen LogP contribution is 2.31. The molecule has 1 amide bonds. The van der Waals surface area contributed by atoms with E-state index in [1.54, 1.807) is 0 Å². The molecule has 1 aliphatic rings. The number of nitrogens with zero attached hydrogens (tertiary/aromatic N) is 2. The molecule has 0 fully saturated rings. The molecule has 1 unspecified atom stereocenters. The molecular weight excluding hydrogens is 322 g/mol. The second-order valence-corrected chi connectivity index (χ2v) is 8.00. The Bertz CT molecular complexity index is 887. The first-order chi connectivity index (χ1) is 12.3. The minimum atomic E-state index is -0.298. The van der Waals surface area contributed by atoms with E-state index in [1.165, 1.54) is 0 Å². The lowest BCUT2D eigenvalue weighted by molar-refractivity contribution is 0.0918. The highest BCUT2D eigenvalue weighted by molar-refractivity contribution is 5.96. The zero-order chi connectivity index (χ0) is 18.9. The third-order valence-electron chi connectivity index (χ3n) is 4.79. The van der Waals surface area contributed by atoms with Gasteiger partial charge in [0.2, 0.25) is 0 Å². The normalized spacial score (nSPS) is 14.4. The molecule has 1 N–H and O–H groups in total. The number of rotatable bonds is 3. The monoisotopic (exact) mass is 347 g/mol. The van der Waals surface area contributed by atoms with Crippen molar-refractivity contribution in [3.63, 3.8) is 0 Å². The quantitative estimate of drug-likeness (QED) is 0.908. The lowest BCUT2D eigenvalue weighted by Crippen LogP contribution is -2.41. The highest BCUT2D eigenvalue weighted by Gasteiger charge is 2.24. The molecule has 0 radical (unpaired) electrons. The number of hydrogen-bond acceptors (Lipinski definition) is 3. The fraction of sp³-hybridized carbons (Fsp3) is 0.409. The van der Waals surface area contributed by atoms with E-state index in [1.807, 2.05) is 58.0 Å². The molecule has 1 aromatic heterocycles. The summed E-state index contributed by atoms with van der Waals surface area (Å²) in [6, 6.07) is 11.9. The highest BCUT2D eigenvalue weighted by atomic mass is 16.1. The van der Waals surface area contributed by atoms with E-state index in [0.717, 1.165) is 47.3 Å². The molecule has 1 aromatic carbocycles. The van der Waals surface area contributed by atoms with Crippen LogP contribution in [0.2, 0.25) is 0 Å². The van der Waals surface area contributed by atoms with Crippen molar-refractivity contribution in [1.82, 2.24) is 10.3 Å². The van der Waals surface area contributed by atoms with Gasteiger partial charge in [-0.3, -0.25) is 9.78 Å². The molecule has 0 aliphatic heterocycles. The number of amides is 1. The van der Waals surface area contributed by atoms with Crippen molar-refractivity contribution in [2.45, 2.75) is 58.4 Å². The minimum Gasteiger partial charge on any atom is -0.347 e. The van der Waals surface area contributed by atoms with Gasteiger partial charge in [-0.15, -0.1) is 0 Å². The topological polar surface area (TPSA) is 65.8 Å². The Morgan fingerprint density at radius 3 is 2.69 bits per heavy atom. The van der Waals surface area contributed by atoms with Gasteiger partial charge < -0.3 is 5.32 Å². The summed E-state index contributed by atoms with van der Waals surface area (Å²) >= 11 is 0. The molecule has 3 rings (SSSR count). The summed E-state index contributed by atoms with van der Waals surface area (Å²) in [5.41, 5.74) is 5.03. The Labute approximate surface area is 155 Å². The SMILES string of the molecule is CC(c1cc(C#N)c2c(n1)CCC2)c1ccccc1C(=O)NC(C)(C)C. The standard InChI is InChI=1S/C22H25N3O/c1-14(20-12-15(13-23)17-10-7-11-19(17)24-20)16-8-5-6-9-18(16)21(26)25-22(2,3)4/h5-6,8-9,12,14H,7,10-11H2,1-4H3,(H,25,26). The zero-order valence-corrected chi connectivity index (χ0v) is 15.9. The molecular formula is C22H25N3O. The fourth-order valence-corrected chi connectivity index (χ4v) is 3.53. The van der Waals surface area contributed by atoms with Crippen LogP contribution in [0.15, 0.2) is 30.3 Å². The van der Waals surface area contributed by atoms with Gasteiger partial charge in [0.25, 0.3) is 5.91 Å². The molecule has 1 aliphatic carbocycles. The van der Waals surface area contributed by atoms with Crippen molar-refractivity contribution >= 4 is 5.91 Å². The zero-order valence-electron chi connectivity index (χ0n) is 15.9. The van der Waals surface area contributed by atoms with Crippen LogP contribution < -0.4 is 5.32 Å². The second-order valence-electron chi connectivity index (χ2n) is 8.00. The molecule has 134 valence electrons. The van der Waals surface area contributed by atoms with Crippen molar-refractivity contribution in [3.8, 4) is 6.07 Å². The number of nitriles is 1. The largest absolute Gasteiger partial charge is 0.347 e. The molecule has 26 heavy (non-hydrogen) atoms. The van der Waals surface area contributed by atoms with Crippen LogP contribution in [-0.2, 0) is 12.8 Å². The van der Waals surface area contributed by atoms with Gasteiger partial charge in [-0.25, -0.2) is 0 Å². The third-order valence-corrected chi connectivity index (χ3v) is 4.79. The van der Waals surface area contributed by atoms with E-state index in [0.29, 0.717) is 5.56 Å². The Morgan fingerprint density at radius 2 is 2.00 bits per heavy atom. The maximum atomic E-state index is 12.7. The van der Waals surface area contributed by atoms with Crippen LogP contribution in [0.3, 0.4) is 0 Å². The molecule has 4 heteroatoms. The number of carbonyl (C=O) groups is 1. The van der Waals surface area contributed by atoms with Crippen LogP contribution in [0.1, 0.15) is 78.5 Å². The average Bonchev–Trinajstić information content (AvgIpc) is 3.07. The van der Waals surface area contributed by atoms with Gasteiger partial charge in [0.05, 0.1) is 11.6 Å². The molecule has 2 aromatic rings. The van der Waals surface area contributed by atoms with Crippen LogP contribution in [0.25, 0.3) is 0 Å². The van der Waals surface area contributed by atoms with Crippen molar-refractivity contribution in [3.05, 3.63) is 64.0 Å². The van der Waals surface area contributed by atoms with E-state index < -0.39 is 0 Å². The summed E-state index contributed by atoms with van der Waals surface area (Å²) in [5.74, 6) is -0.142. The van der Waals surface area contributed by atoms with Crippen molar-refractivity contribution < 1.29 is 4.79 Å². The minimum absolute atomic E-state index is 0.0603. The summed E-state index contributed by atoms with van der Waals surface area (Å²) in [5, 5.41) is 12.5. The number of benzene rings is 1. The van der Waals surface area contributed by atoms with Gasteiger partial charge in [-0.2, -0.15) is 5.26 Å². The lowest BCUT2D eigenvalue weighted by atomic mass is 9.90. The Balaban J connectivity index is 2.01. The second kappa shape index (κ2) is 6.92. The van der Waals surface area contributed by atoms with Gasteiger partial charge in [-0.05, 0) is 63.3 Å². The molecule has 0 saturated carbocycles. The predicted molar refractivity (Wildman–Crippen MR) is 102 cm³/mol. The van der Waals surface area contributed by atoms with Gasteiger partial charge >= 0.3 is 0 Å². The first kappa shape index (κ1) is 18.1. The summed E-state index contributed by atoms with van der Waals surface area (Å²) in [7, 11) is 0. The van der Waals surface area contributed by atoms with E-state index in [9.17, 15) is 10.1 Å². The first-order valence-corrected chi connectivity index (χ1v) is 9.14. The Kier molecular flexibility index (Phi) is 4.82.